The minimum atomic E-state index is -0.711. The molecule has 0 aromatic heterocycles. The highest BCUT2D eigenvalue weighted by Gasteiger charge is 2.29. The quantitative estimate of drug-likeness (QED) is 0.791. The number of carboxylic acids is 1. The van der Waals surface area contributed by atoms with Gasteiger partial charge >= 0.3 is 5.97 Å². The maximum Gasteiger partial charge on any atom is 0.306 e. The molecule has 0 heterocycles. The van der Waals surface area contributed by atoms with Crippen LogP contribution in [-0.2, 0) is 14.3 Å². The maximum absolute atomic E-state index is 12.4. The number of carboxylic acid groups (broad SMARTS) is 1. The van der Waals surface area contributed by atoms with Gasteiger partial charge < -0.3 is 15.2 Å². The van der Waals surface area contributed by atoms with Crippen molar-refractivity contribution in [3.05, 3.63) is 0 Å². The van der Waals surface area contributed by atoms with E-state index in [0.717, 1.165) is 25.7 Å². The summed E-state index contributed by atoms with van der Waals surface area (Å²) in [5.41, 5.74) is 0. The number of hydrogen-bond donors (Lipinski definition) is 2. The molecule has 1 amide bonds. The number of carbonyl (C=O) groups excluding carboxylic acids is 1. The second-order valence-corrected chi connectivity index (χ2v) is 6.69. The summed E-state index contributed by atoms with van der Waals surface area (Å²) in [5, 5.41) is 12.1. The minimum Gasteiger partial charge on any atom is -0.481 e. The molecule has 2 saturated carbocycles. The molecule has 0 aromatic carbocycles. The van der Waals surface area contributed by atoms with Gasteiger partial charge in [0.2, 0.25) is 5.91 Å². The standard InChI is InChI=1S/C17H29NO4/c1-2-15(22-14-6-4-3-5-7-14)16(19)18-13-10-8-12(9-11-13)17(20)21/h12-15H,2-11H2,1H3,(H,18,19)(H,20,21). The first-order valence-electron chi connectivity index (χ1n) is 8.78. The number of hydrogen-bond acceptors (Lipinski definition) is 3. The summed E-state index contributed by atoms with van der Waals surface area (Å²) in [6.45, 7) is 1.98. The van der Waals surface area contributed by atoms with Crippen LogP contribution in [0.15, 0.2) is 0 Å². The summed E-state index contributed by atoms with van der Waals surface area (Å²) >= 11 is 0. The molecule has 1 unspecified atom stereocenters. The predicted octanol–water partition coefficient (Wildman–Crippen LogP) is 2.87. The SMILES string of the molecule is CCC(OC1CCCCC1)C(=O)NC1CCC(C(=O)O)CC1. The van der Waals surface area contributed by atoms with Gasteiger partial charge in [0, 0.05) is 6.04 Å². The molecule has 0 saturated heterocycles. The number of ether oxygens (including phenoxy) is 1. The molecular formula is C17H29NO4. The highest BCUT2D eigenvalue weighted by molar-refractivity contribution is 5.81. The third-order valence-corrected chi connectivity index (χ3v) is 4.99. The molecule has 5 heteroatoms. The Balaban J connectivity index is 1.76. The van der Waals surface area contributed by atoms with Gasteiger partial charge in [-0.05, 0) is 44.9 Å². The van der Waals surface area contributed by atoms with E-state index in [2.05, 4.69) is 5.32 Å². The predicted molar refractivity (Wildman–Crippen MR) is 83.6 cm³/mol. The molecule has 5 nitrogen and oxygen atoms in total. The van der Waals surface area contributed by atoms with Crippen molar-refractivity contribution in [2.75, 3.05) is 0 Å². The maximum atomic E-state index is 12.4. The fourth-order valence-electron chi connectivity index (χ4n) is 3.56. The van der Waals surface area contributed by atoms with Crippen molar-refractivity contribution in [1.82, 2.24) is 5.32 Å². The van der Waals surface area contributed by atoms with Gasteiger partial charge in [-0.2, -0.15) is 0 Å². The summed E-state index contributed by atoms with van der Waals surface area (Å²) in [7, 11) is 0. The Kier molecular flexibility index (Phi) is 6.68. The lowest BCUT2D eigenvalue weighted by Crippen LogP contribution is -2.45. The monoisotopic (exact) mass is 311 g/mol. The molecule has 2 aliphatic rings. The number of rotatable bonds is 6. The van der Waals surface area contributed by atoms with Gasteiger partial charge in [0.05, 0.1) is 12.0 Å². The lowest BCUT2D eigenvalue weighted by molar-refractivity contribution is -0.143. The zero-order valence-electron chi connectivity index (χ0n) is 13.6. The van der Waals surface area contributed by atoms with Crippen molar-refractivity contribution in [3.8, 4) is 0 Å². The van der Waals surface area contributed by atoms with Crippen molar-refractivity contribution in [1.29, 1.82) is 0 Å². The van der Waals surface area contributed by atoms with Crippen molar-refractivity contribution < 1.29 is 19.4 Å². The van der Waals surface area contributed by atoms with Crippen LogP contribution in [0.3, 0.4) is 0 Å². The third-order valence-electron chi connectivity index (χ3n) is 4.99. The Morgan fingerprint density at radius 3 is 2.27 bits per heavy atom. The second-order valence-electron chi connectivity index (χ2n) is 6.69. The van der Waals surface area contributed by atoms with Gasteiger partial charge in [0.25, 0.3) is 0 Å². The molecule has 126 valence electrons. The van der Waals surface area contributed by atoms with Gasteiger partial charge in [0.15, 0.2) is 0 Å². The van der Waals surface area contributed by atoms with E-state index in [1.54, 1.807) is 0 Å². The Hall–Kier alpha value is -1.10. The average molecular weight is 311 g/mol. The summed E-state index contributed by atoms with van der Waals surface area (Å²) in [6, 6.07) is 0.104. The summed E-state index contributed by atoms with van der Waals surface area (Å²) in [4.78, 5) is 23.3. The van der Waals surface area contributed by atoms with Gasteiger partial charge in [0.1, 0.15) is 6.10 Å². The molecule has 2 rings (SSSR count). The molecule has 22 heavy (non-hydrogen) atoms. The van der Waals surface area contributed by atoms with Crippen LogP contribution in [0.2, 0.25) is 0 Å². The van der Waals surface area contributed by atoms with Crippen molar-refractivity contribution in [2.24, 2.45) is 5.92 Å². The molecule has 0 aliphatic heterocycles. The zero-order chi connectivity index (χ0) is 15.9. The van der Waals surface area contributed by atoms with Crippen LogP contribution in [0.4, 0.5) is 0 Å². The Morgan fingerprint density at radius 2 is 1.73 bits per heavy atom. The fraction of sp³-hybridized carbons (Fsp3) is 0.882. The van der Waals surface area contributed by atoms with E-state index in [-0.39, 0.29) is 30.1 Å². The minimum absolute atomic E-state index is 0.0214. The lowest BCUT2D eigenvalue weighted by Gasteiger charge is -2.30. The van der Waals surface area contributed by atoms with E-state index >= 15 is 0 Å². The fourth-order valence-corrected chi connectivity index (χ4v) is 3.56. The number of carbonyl (C=O) groups is 2. The lowest BCUT2D eigenvalue weighted by atomic mass is 9.86. The van der Waals surface area contributed by atoms with Crippen LogP contribution in [-0.4, -0.2) is 35.2 Å². The first-order chi connectivity index (χ1) is 10.6. The normalized spacial score (nSPS) is 28.0. The van der Waals surface area contributed by atoms with E-state index < -0.39 is 5.97 Å². The van der Waals surface area contributed by atoms with Crippen LogP contribution in [0.5, 0.6) is 0 Å². The van der Waals surface area contributed by atoms with Crippen LogP contribution >= 0.6 is 0 Å². The van der Waals surface area contributed by atoms with Gasteiger partial charge in [-0.1, -0.05) is 26.2 Å². The van der Waals surface area contributed by atoms with Crippen LogP contribution in [0.25, 0.3) is 0 Å². The Morgan fingerprint density at radius 1 is 1.09 bits per heavy atom. The highest BCUT2D eigenvalue weighted by atomic mass is 16.5. The van der Waals surface area contributed by atoms with E-state index in [1.165, 1.54) is 19.3 Å². The van der Waals surface area contributed by atoms with Crippen molar-refractivity contribution in [2.45, 2.75) is 89.4 Å². The number of aliphatic carboxylic acids is 1. The number of nitrogens with one attached hydrogen (secondary N) is 1. The van der Waals surface area contributed by atoms with Crippen molar-refractivity contribution in [3.63, 3.8) is 0 Å². The molecule has 0 aromatic rings. The molecule has 2 N–H and O–H groups in total. The van der Waals surface area contributed by atoms with E-state index in [9.17, 15) is 9.59 Å². The summed E-state index contributed by atoms with van der Waals surface area (Å²) in [6.07, 6.45) is 9.16. The smallest absolute Gasteiger partial charge is 0.306 e. The largest absolute Gasteiger partial charge is 0.481 e. The summed E-state index contributed by atoms with van der Waals surface area (Å²) in [5.74, 6) is -0.975. The second kappa shape index (κ2) is 8.51. The first-order valence-corrected chi connectivity index (χ1v) is 8.78. The van der Waals surface area contributed by atoms with Crippen LogP contribution in [0, 0.1) is 5.92 Å². The molecule has 2 fully saturated rings. The molecule has 2 aliphatic carbocycles. The third kappa shape index (κ3) is 4.97. The van der Waals surface area contributed by atoms with Gasteiger partial charge in [-0.3, -0.25) is 9.59 Å². The first kappa shape index (κ1) is 17.3. The highest BCUT2D eigenvalue weighted by Crippen LogP contribution is 2.25. The van der Waals surface area contributed by atoms with E-state index in [0.29, 0.717) is 19.3 Å². The summed E-state index contributed by atoms with van der Waals surface area (Å²) < 4.78 is 6.00. The topological polar surface area (TPSA) is 75.6 Å². The average Bonchev–Trinajstić information content (AvgIpc) is 2.54. The zero-order valence-corrected chi connectivity index (χ0v) is 13.6. The van der Waals surface area contributed by atoms with E-state index in [4.69, 9.17) is 9.84 Å². The molecule has 1 atom stereocenters. The molecule has 0 bridgehead atoms. The number of amides is 1. The Bertz CT molecular complexity index is 371. The molecule has 0 spiro atoms. The van der Waals surface area contributed by atoms with Gasteiger partial charge in [-0.25, -0.2) is 0 Å². The van der Waals surface area contributed by atoms with Crippen LogP contribution in [0.1, 0.15) is 71.1 Å². The molecule has 0 radical (unpaired) electrons. The van der Waals surface area contributed by atoms with Crippen LogP contribution < -0.4 is 5.32 Å². The van der Waals surface area contributed by atoms with E-state index in [1.807, 2.05) is 6.92 Å². The molecular weight excluding hydrogens is 282 g/mol. The van der Waals surface area contributed by atoms with Gasteiger partial charge in [-0.15, -0.1) is 0 Å². The van der Waals surface area contributed by atoms with Crippen molar-refractivity contribution >= 4 is 11.9 Å². The Labute approximate surface area is 132 Å².